The summed E-state index contributed by atoms with van der Waals surface area (Å²) >= 11 is 0. The van der Waals surface area contributed by atoms with Gasteiger partial charge in [0.1, 0.15) is 6.33 Å². The van der Waals surface area contributed by atoms with Crippen LogP contribution in [0.25, 0.3) is 5.65 Å². The molecule has 1 saturated heterocycles. The third-order valence-corrected chi connectivity index (χ3v) is 6.10. The molecular formula is C19H30N6. The minimum atomic E-state index is 0.311. The van der Waals surface area contributed by atoms with Crippen molar-refractivity contribution in [3.63, 3.8) is 0 Å². The maximum atomic E-state index is 4.56. The van der Waals surface area contributed by atoms with Crippen LogP contribution in [-0.4, -0.2) is 49.9 Å². The van der Waals surface area contributed by atoms with Crippen LogP contribution >= 0.6 is 0 Å². The average molecular weight is 342 g/mol. The van der Waals surface area contributed by atoms with Gasteiger partial charge in [-0.3, -0.25) is 4.90 Å². The van der Waals surface area contributed by atoms with Gasteiger partial charge in [0.25, 0.3) is 0 Å². The van der Waals surface area contributed by atoms with E-state index in [1.165, 1.54) is 64.5 Å². The van der Waals surface area contributed by atoms with E-state index in [-0.39, 0.29) is 0 Å². The van der Waals surface area contributed by atoms with E-state index in [1.807, 2.05) is 0 Å². The molecule has 25 heavy (non-hydrogen) atoms. The molecule has 2 aliphatic rings. The lowest BCUT2D eigenvalue weighted by Gasteiger charge is -2.48. The molecule has 0 bridgehead atoms. The fourth-order valence-electron chi connectivity index (χ4n) is 4.62. The summed E-state index contributed by atoms with van der Waals surface area (Å²) in [4.78, 5) is 2.78. The smallest absolute Gasteiger partial charge is 0.200 e. The first-order valence-electron chi connectivity index (χ1n) is 10.00. The van der Waals surface area contributed by atoms with Gasteiger partial charge in [-0.25, -0.2) is 0 Å². The van der Waals surface area contributed by atoms with E-state index < -0.39 is 0 Å². The van der Waals surface area contributed by atoms with E-state index in [4.69, 9.17) is 0 Å². The number of fused-ring (bicyclic) bond motifs is 1. The number of rotatable bonds is 5. The molecule has 0 aromatic carbocycles. The molecule has 2 fully saturated rings. The maximum Gasteiger partial charge on any atom is 0.200 e. The van der Waals surface area contributed by atoms with Gasteiger partial charge in [0, 0.05) is 12.1 Å². The topological polar surface area (TPSA) is 58.3 Å². The fraction of sp³-hybridized carbons (Fsp3) is 0.737. The number of nitrogens with one attached hydrogen (secondary N) is 1. The summed E-state index contributed by atoms with van der Waals surface area (Å²) in [5, 5.41) is 16.6. The molecule has 0 spiro atoms. The number of aromatic nitrogens is 4. The molecule has 0 amide bonds. The number of nitrogens with zero attached hydrogens (tertiary/aromatic N) is 5. The van der Waals surface area contributed by atoms with Crippen LogP contribution in [0, 0.1) is 0 Å². The van der Waals surface area contributed by atoms with E-state index in [0.717, 1.165) is 30.0 Å². The van der Waals surface area contributed by atoms with Crippen molar-refractivity contribution < 1.29 is 0 Å². The predicted molar refractivity (Wildman–Crippen MR) is 99.9 cm³/mol. The van der Waals surface area contributed by atoms with Crippen LogP contribution < -0.4 is 5.32 Å². The van der Waals surface area contributed by atoms with Crippen LogP contribution in [0.5, 0.6) is 0 Å². The number of hydrogen-bond acceptors (Lipinski definition) is 5. The van der Waals surface area contributed by atoms with E-state index in [9.17, 15) is 0 Å². The first kappa shape index (κ1) is 16.8. The van der Waals surface area contributed by atoms with Crippen molar-refractivity contribution in [3.05, 3.63) is 18.1 Å². The van der Waals surface area contributed by atoms with Crippen molar-refractivity contribution in [2.45, 2.75) is 70.3 Å². The van der Waals surface area contributed by atoms with Crippen LogP contribution in [-0.2, 0) is 6.42 Å². The third kappa shape index (κ3) is 3.36. The molecular weight excluding hydrogens is 312 g/mol. The summed E-state index contributed by atoms with van der Waals surface area (Å²) in [5.74, 6) is 0. The van der Waals surface area contributed by atoms with E-state index in [1.54, 1.807) is 10.8 Å². The Bertz CT molecular complexity index is 697. The largest absolute Gasteiger partial charge is 0.380 e. The van der Waals surface area contributed by atoms with Gasteiger partial charge in [-0.1, -0.05) is 32.6 Å². The van der Waals surface area contributed by atoms with Crippen LogP contribution in [0.1, 0.15) is 64.0 Å². The first-order chi connectivity index (χ1) is 12.3. The van der Waals surface area contributed by atoms with Gasteiger partial charge in [-0.15, -0.1) is 10.2 Å². The fourth-order valence-corrected chi connectivity index (χ4v) is 4.62. The summed E-state index contributed by atoms with van der Waals surface area (Å²) in [6.07, 6.45) is 13.4. The van der Waals surface area contributed by atoms with E-state index >= 15 is 0 Å². The van der Waals surface area contributed by atoms with Gasteiger partial charge in [-0.2, -0.15) is 9.61 Å². The summed E-state index contributed by atoms with van der Waals surface area (Å²) < 4.78 is 1.80. The molecule has 6 nitrogen and oxygen atoms in total. The molecule has 6 heteroatoms. The summed E-state index contributed by atoms with van der Waals surface area (Å²) in [6.45, 7) is 5.67. The highest BCUT2D eigenvalue weighted by molar-refractivity contribution is 5.66. The van der Waals surface area contributed by atoms with Crippen molar-refractivity contribution in [2.24, 2.45) is 0 Å². The van der Waals surface area contributed by atoms with Crippen molar-refractivity contribution >= 4 is 11.3 Å². The van der Waals surface area contributed by atoms with Crippen molar-refractivity contribution in [3.8, 4) is 0 Å². The second-order valence-electron chi connectivity index (χ2n) is 7.69. The first-order valence-corrected chi connectivity index (χ1v) is 10.00. The molecule has 136 valence electrons. The van der Waals surface area contributed by atoms with Crippen molar-refractivity contribution in [1.82, 2.24) is 24.7 Å². The van der Waals surface area contributed by atoms with Gasteiger partial charge < -0.3 is 5.32 Å². The Morgan fingerprint density at radius 3 is 2.60 bits per heavy atom. The van der Waals surface area contributed by atoms with Gasteiger partial charge in [0.15, 0.2) is 0 Å². The Kier molecular flexibility index (Phi) is 4.88. The number of aryl methyl sites for hydroxylation is 1. The molecule has 0 atom stereocenters. The maximum absolute atomic E-state index is 4.56. The van der Waals surface area contributed by atoms with Crippen LogP contribution in [0.2, 0.25) is 0 Å². The van der Waals surface area contributed by atoms with Crippen molar-refractivity contribution in [1.29, 1.82) is 0 Å². The average Bonchev–Trinajstić information content (AvgIpc) is 3.16. The molecule has 0 radical (unpaired) electrons. The van der Waals surface area contributed by atoms with Gasteiger partial charge in [0.2, 0.25) is 5.65 Å². The molecule has 1 N–H and O–H groups in total. The number of anilines is 1. The number of hydrogen-bond donors (Lipinski definition) is 1. The second kappa shape index (κ2) is 7.28. The normalized spacial score (nSPS) is 21.5. The Balaban J connectivity index is 1.57. The molecule has 2 aromatic heterocycles. The predicted octanol–water partition coefficient (Wildman–Crippen LogP) is 3.29. The Labute approximate surface area is 150 Å². The van der Waals surface area contributed by atoms with Crippen LogP contribution in [0.15, 0.2) is 12.4 Å². The molecule has 1 aliphatic carbocycles. The van der Waals surface area contributed by atoms with Gasteiger partial charge in [0.05, 0.1) is 11.4 Å². The zero-order valence-electron chi connectivity index (χ0n) is 15.4. The molecule has 1 saturated carbocycles. The monoisotopic (exact) mass is 342 g/mol. The summed E-state index contributed by atoms with van der Waals surface area (Å²) in [7, 11) is 0. The lowest BCUT2D eigenvalue weighted by Crippen LogP contribution is -2.56. The highest BCUT2D eigenvalue weighted by Crippen LogP contribution is 2.36. The van der Waals surface area contributed by atoms with Gasteiger partial charge >= 0.3 is 0 Å². The lowest BCUT2D eigenvalue weighted by atomic mass is 9.79. The zero-order valence-corrected chi connectivity index (χ0v) is 15.4. The standard InChI is InChI=1S/C19H30N6/c1-2-16-13-17(18-22-21-15-25(18)23-16)20-14-19(9-5-3-6-10-19)24-11-7-4-8-12-24/h13,15,20H,2-12,14H2,1H3. The zero-order chi connectivity index (χ0) is 17.1. The molecule has 0 unspecified atom stereocenters. The van der Waals surface area contributed by atoms with Crippen LogP contribution in [0.4, 0.5) is 5.69 Å². The second-order valence-corrected chi connectivity index (χ2v) is 7.69. The molecule has 4 rings (SSSR count). The number of piperidine rings is 1. The summed E-state index contributed by atoms with van der Waals surface area (Å²) in [5.41, 5.74) is 3.30. The molecule has 1 aliphatic heterocycles. The quantitative estimate of drug-likeness (QED) is 0.903. The van der Waals surface area contributed by atoms with Crippen molar-refractivity contribution in [2.75, 3.05) is 25.0 Å². The van der Waals surface area contributed by atoms with Crippen LogP contribution in [0.3, 0.4) is 0 Å². The third-order valence-electron chi connectivity index (χ3n) is 6.10. The Hall–Kier alpha value is -1.69. The highest BCUT2D eigenvalue weighted by atomic mass is 15.3. The molecule has 2 aromatic rings. The summed E-state index contributed by atoms with van der Waals surface area (Å²) in [6, 6.07) is 2.15. The SMILES string of the molecule is CCc1cc(NCC2(N3CCCCC3)CCCCC2)c2nncn2n1. The Morgan fingerprint density at radius 2 is 1.84 bits per heavy atom. The van der Waals surface area contributed by atoms with Gasteiger partial charge in [-0.05, 0) is 51.3 Å². The minimum Gasteiger partial charge on any atom is -0.380 e. The lowest BCUT2D eigenvalue weighted by molar-refractivity contribution is 0.0437. The highest BCUT2D eigenvalue weighted by Gasteiger charge is 2.38. The number of likely N-dealkylation sites (tertiary alicyclic amines) is 1. The van der Waals surface area contributed by atoms with E-state index in [2.05, 4.69) is 38.5 Å². The van der Waals surface area contributed by atoms with E-state index in [0.29, 0.717) is 5.54 Å². The molecule has 3 heterocycles. The Morgan fingerprint density at radius 1 is 1.08 bits per heavy atom. The minimum absolute atomic E-state index is 0.311.